The number of thioether (sulfide) groups is 1. The molecule has 1 aromatic carbocycles. The van der Waals surface area contributed by atoms with E-state index in [2.05, 4.69) is 25.2 Å². The van der Waals surface area contributed by atoms with Gasteiger partial charge in [-0.1, -0.05) is 16.9 Å². The zero-order valence-corrected chi connectivity index (χ0v) is 16.5. The summed E-state index contributed by atoms with van der Waals surface area (Å²) in [5.74, 6) is 0.946. The van der Waals surface area contributed by atoms with E-state index in [4.69, 9.17) is 4.52 Å². The van der Waals surface area contributed by atoms with Gasteiger partial charge < -0.3 is 9.84 Å². The Balaban J connectivity index is 1.52. The van der Waals surface area contributed by atoms with Gasteiger partial charge in [-0.25, -0.2) is 18.4 Å². The van der Waals surface area contributed by atoms with Gasteiger partial charge in [-0.15, -0.1) is 0 Å². The van der Waals surface area contributed by atoms with Crippen molar-refractivity contribution >= 4 is 39.2 Å². The maximum atomic E-state index is 12.3. The second-order valence-electron chi connectivity index (χ2n) is 5.63. The second-order valence-corrected chi connectivity index (χ2v) is 8.38. The van der Waals surface area contributed by atoms with Crippen LogP contribution in [0.5, 0.6) is 0 Å². The lowest BCUT2D eigenvalue weighted by Gasteiger charge is -2.08. The number of aryl methyl sites for hydroxylation is 1. The number of rotatable bonds is 8. The first-order valence-electron chi connectivity index (χ1n) is 8.18. The van der Waals surface area contributed by atoms with Gasteiger partial charge in [0, 0.05) is 36.3 Å². The van der Waals surface area contributed by atoms with Crippen LogP contribution >= 0.6 is 11.8 Å². The smallest absolute Gasteiger partial charge is 0.263 e. The highest BCUT2D eigenvalue weighted by Crippen LogP contribution is 2.19. The minimum Gasteiger partial charge on any atom is -0.360 e. The highest BCUT2D eigenvalue weighted by molar-refractivity contribution is 7.99. The van der Waals surface area contributed by atoms with Crippen LogP contribution in [0.3, 0.4) is 0 Å². The van der Waals surface area contributed by atoms with E-state index in [-0.39, 0.29) is 23.0 Å². The Morgan fingerprint density at radius 1 is 1.18 bits per heavy atom. The quantitative estimate of drug-likeness (QED) is 0.421. The van der Waals surface area contributed by atoms with Crippen LogP contribution in [0.15, 0.2) is 63.4 Å². The lowest BCUT2D eigenvalue weighted by Crippen LogP contribution is -2.14. The van der Waals surface area contributed by atoms with Crippen LogP contribution in [-0.4, -0.2) is 35.2 Å². The first-order valence-corrected chi connectivity index (χ1v) is 10.7. The van der Waals surface area contributed by atoms with Crippen molar-refractivity contribution in [3.05, 3.63) is 54.6 Å². The van der Waals surface area contributed by atoms with Crippen LogP contribution in [0.2, 0.25) is 0 Å². The van der Waals surface area contributed by atoms with Crippen molar-refractivity contribution in [3.8, 4) is 0 Å². The monoisotopic (exact) mass is 419 g/mol. The van der Waals surface area contributed by atoms with Crippen LogP contribution in [0.4, 0.5) is 11.5 Å². The Hall–Kier alpha value is -2.92. The standard InChI is InChI=1S/C17H17N5O4S2/c1-12-11-15(21-26-12)22-28(24,25)14-5-3-13(4-6-14)20-16(23)7-10-27-17-18-8-2-9-19-17/h2-6,8-9,11H,7,10H2,1H3,(H,20,23)(H,21,22). The first-order chi connectivity index (χ1) is 13.4. The van der Waals surface area contributed by atoms with E-state index in [1.807, 2.05) is 0 Å². The fourth-order valence-corrected chi connectivity index (χ4v) is 3.87. The van der Waals surface area contributed by atoms with Crippen LogP contribution in [0.25, 0.3) is 0 Å². The van der Waals surface area contributed by atoms with Gasteiger partial charge in [0.2, 0.25) is 5.91 Å². The first kappa shape index (κ1) is 19.8. The molecule has 2 heterocycles. The lowest BCUT2D eigenvalue weighted by molar-refractivity contribution is -0.115. The molecule has 0 radical (unpaired) electrons. The van der Waals surface area contributed by atoms with Gasteiger partial charge in [-0.3, -0.25) is 9.52 Å². The molecule has 0 aliphatic rings. The summed E-state index contributed by atoms with van der Waals surface area (Å²) in [6.07, 6.45) is 3.56. The number of nitrogens with one attached hydrogen (secondary N) is 2. The summed E-state index contributed by atoms with van der Waals surface area (Å²) in [7, 11) is -3.79. The summed E-state index contributed by atoms with van der Waals surface area (Å²) in [6, 6.07) is 9.05. The molecule has 11 heteroatoms. The number of nitrogens with zero attached hydrogens (tertiary/aromatic N) is 3. The molecule has 9 nitrogen and oxygen atoms in total. The van der Waals surface area contributed by atoms with E-state index in [0.29, 0.717) is 22.4 Å². The van der Waals surface area contributed by atoms with E-state index in [1.165, 1.54) is 42.1 Å². The molecule has 146 valence electrons. The number of hydrogen-bond acceptors (Lipinski definition) is 8. The maximum absolute atomic E-state index is 12.3. The van der Waals surface area contributed by atoms with Crippen molar-refractivity contribution in [2.45, 2.75) is 23.4 Å². The number of sulfonamides is 1. The molecule has 2 aromatic heterocycles. The van der Waals surface area contributed by atoms with Crippen molar-refractivity contribution in [1.82, 2.24) is 15.1 Å². The molecule has 0 aliphatic heterocycles. The minimum atomic E-state index is -3.79. The van der Waals surface area contributed by atoms with E-state index in [1.54, 1.807) is 25.4 Å². The third-order valence-corrected chi connectivity index (χ3v) is 5.67. The van der Waals surface area contributed by atoms with Gasteiger partial charge in [0.1, 0.15) is 5.76 Å². The fourth-order valence-electron chi connectivity index (χ4n) is 2.15. The normalized spacial score (nSPS) is 11.2. The Morgan fingerprint density at radius 2 is 1.89 bits per heavy atom. The molecule has 0 fully saturated rings. The topological polar surface area (TPSA) is 127 Å². The van der Waals surface area contributed by atoms with Crippen molar-refractivity contribution in [3.63, 3.8) is 0 Å². The Kier molecular flexibility index (Phi) is 6.26. The summed E-state index contributed by atoms with van der Waals surface area (Å²) in [5, 5.41) is 6.94. The molecule has 3 aromatic rings. The summed E-state index contributed by atoms with van der Waals surface area (Å²) in [6.45, 7) is 1.66. The minimum absolute atomic E-state index is 0.0444. The van der Waals surface area contributed by atoms with E-state index in [0.717, 1.165) is 0 Å². The summed E-state index contributed by atoms with van der Waals surface area (Å²) < 4.78 is 31.8. The molecule has 0 atom stereocenters. The summed E-state index contributed by atoms with van der Waals surface area (Å²) in [5.41, 5.74) is 0.502. The third-order valence-electron chi connectivity index (χ3n) is 3.42. The molecule has 0 bridgehead atoms. The number of benzene rings is 1. The van der Waals surface area contributed by atoms with Gasteiger partial charge in [-0.2, -0.15) is 0 Å². The number of anilines is 2. The van der Waals surface area contributed by atoms with Crippen LogP contribution in [-0.2, 0) is 14.8 Å². The van der Waals surface area contributed by atoms with Gasteiger partial charge in [0.25, 0.3) is 10.0 Å². The average molecular weight is 419 g/mol. The van der Waals surface area contributed by atoms with Crippen LogP contribution in [0, 0.1) is 6.92 Å². The van der Waals surface area contributed by atoms with Gasteiger partial charge in [0.15, 0.2) is 11.0 Å². The third kappa shape index (κ3) is 5.54. The van der Waals surface area contributed by atoms with E-state index >= 15 is 0 Å². The molecule has 0 aliphatic carbocycles. The predicted molar refractivity (Wildman–Crippen MR) is 104 cm³/mol. The molecule has 3 rings (SSSR count). The summed E-state index contributed by atoms with van der Waals surface area (Å²) in [4.78, 5) is 20.2. The molecule has 2 N–H and O–H groups in total. The molecule has 0 saturated carbocycles. The SMILES string of the molecule is Cc1cc(NS(=O)(=O)c2ccc(NC(=O)CCSc3ncccn3)cc2)no1. The van der Waals surface area contributed by atoms with Crippen LogP contribution in [0.1, 0.15) is 12.2 Å². The van der Waals surface area contributed by atoms with Gasteiger partial charge >= 0.3 is 0 Å². The van der Waals surface area contributed by atoms with Gasteiger partial charge in [0.05, 0.1) is 4.90 Å². The summed E-state index contributed by atoms with van der Waals surface area (Å²) >= 11 is 1.38. The molecule has 28 heavy (non-hydrogen) atoms. The van der Waals surface area contributed by atoms with E-state index < -0.39 is 10.0 Å². The van der Waals surface area contributed by atoms with E-state index in [9.17, 15) is 13.2 Å². The Morgan fingerprint density at radius 3 is 2.54 bits per heavy atom. The molecule has 0 unspecified atom stereocenters. The number of amides is 1. The average Bonchev–Trinajstić information content (AvgIpc) is 3.07. The molecule has 1 amide bonds. The Labute approximate surface area is 166 Å². The number of aromatic nitrogens is 3. The lowest BCUT2D eigenvalue weighted by atomic mass is 10.3. The fraction of sp³-hybridized carbons (Fsp3) is 0.176. The van der Waals surface area contributed by atoms with Crippen molar-refractivity contribution in [2.75, 3.05) is 15.8 Å². The highest BCUT2D eigenvalue weighted by atomic mass is 32.2. The van der Waals surface area contributed by atoms with Gasteiger partial charge in [-0.05, 0) is 37.3 Å². The highest BCUT2D eigenvalue weighted by Gasteiger charge is 2.16. The molecular weight excluding hydrogens is 402 g/mol. The second kappa shape index (κ2) is 8.85. The number of hydrogen-bond donors (Lipinski definition) is 2. The van der Waals surface area contributed by atoms with Crippen molar-refractivity contribution in [1.29, 1.82) is 0 Å². The Bertz CT molecular complexity index is 1040. The number of carbonyl (C=O) groups excluding carboxylic acids is 1. The predicted octanol–water partition coefficient (Wildman–Crippen LogP) is 2.69. The zero-order chi connectivity index (χ0) is 20.0. The van der Waals surface area contributed by atoms with Crippen molar-refractivity contribution < 1.29 is 17.7 Å². The number of carbonyl (C=O) groups is 1. The van der Waals surface area contributed by atoms with Crippen LogP contribution < -0.4 is 10.0 Å². The molecule has 0 saturated heterocycles. The zero-order valence-electron chi connectivity index (χ0n) is 14.8. The maximum Gasteiger partial charge on any atom is 0.263 e. The van der Waals surface area contributed by atoms with Crippen molar-refractivity contribution in [2.24, 2.45) is 0 Å². The molecular formula is C17H17N5O4S2. The molecule has 0 spiro atoms. The largest absolute Gasteiger partial charge is 0.360 e.